The largest absolute Gasteiger partial charge is 0.466 e. The van der Waals surface area contributed by atoms with Gasteiger partial charge < -0.3 is 8.23 Å². The van der Waals surface area contributed by atoms with Crippen LogP contribution >= 0.6 is 0 Å². The zero-order chi connectivity index (χ0) is 12.5. The molecular weight excluding hydrogens is 273 g/mol. The Balaban J connectivity index is 0. The molecule has 0 aromatic heterocycles. The van der Waals surface area contributed by atoms with E-state index >= 15 is 0 Å². The summed E-state index contributed by atoms with van der Waals surface area (Å²) < 4.78 is 44.5. The number of hydrogen-bond donors (Lipinski definition) is 0. The molecule has 0 spiro atoms. The van der Waals surface area contributed by atoms with E-state index in [1.54, 1.807) is 6.55 Å². The molecule has 0 aromatic rings. The highest BCUT2D eigenvalue weighted by Crippen LogP contribution is 2.22. The lowest BCUT2D eigenvalue weighted by atomic mass is 10.5. The zero-order valence-electron chi connectivity index (χ0n) is 10.0. The van der Waals surface area contributed by atoms with Gasteiger partial charge in [0, 0.05) is 6.42 Å². The van der Waals surface area contributed by atoms with Crippen LogP contribution in [0.15, 0.2) is 0 Å². The standard InChI is InChI=1S/C4H11F3OSi2.C2H10OSi2/c1-10(8-9)3-2-4(5,6)7;1-5(2)3-4/h10H,2-3H2,1,9H3;5H,1-2,4H3. The van der Waals surface area contributed by atoms with Crippen LogP contribution in [-0.2, 0) is 8.23 Å². The Morgan fingerprint density at radius 3 is 1.67 bits per heavy atom. The highest BCUT2D eigenvalue weighted by Gasteiger charge is 2.27. The number of halogens is 3. The second kappa shape index (κ2) is 9.78. The molecule has 0 aliphatic heterocycles. The van der Waals surface area contributed by atoms with Crippen molar-refractivity contribution in [2.24, 2.45) is 0 Å². The van der Waals surface area contributed by atoms with Gasteiger partial charge in [0.1, 0.15) is 21.0 Å². The molecule has 1 atom stereocenters. The summed E-state index contributed by atoms with van der Waals surface area (Å²) in [5, 5.41) is 0. The van der Waals surface area contributed by atoms with Crippen LogP contribution < -0.4 is 0 Å². The Morgan fingerprint density at radius 1 is 1.07 bits per heavy atom. The topological polar surface area (TPSA) is 18.5 Å². The van der Waals surface area contributed by atoms with Gasteiger partial charge in [0.05, 0.1) is 0 Å². The van der Waals surface area contributed by atoms with Gasteiger partial charge in [0.2, 0.25) is 0 Å². The maximum Gasteiger partial charge on any atom is 0.388 e. The van der Waals surface area contributed by atoms with Crippen LogP contribution in [0, 0.1) is 0 Å². The second-order valence-electron chi connectivity index (χ2n) is 3.48. The van der Waals surface area contributed by atoms with Crippen LogP contribution in [0.5, 0.6) is 0 Å². The first-order valence-electron chi connectivity index (χ1n) is 4.85. The summed E-state index contributed by atoms with van der Waals surface area (Å²) in [5.41, 5.74) is 0. The summed E-state index contributed by atoms with van der Waals surface area (Å²) in [6.45, 7) is 6.14. The quantitative estimate of drug-likeness (QED) is 0.672. The van der Waals surface area contributed by atoms with Gasteiger partial charge in [-0.3, -0.25) is 0 Å². The fourth-order valence-corrected chi connectivity index (χ4v) is 2.16. The normalized spacial score (nSPS) is 13.8. The van der Waals surface area contributed by atoms with E-state index in [1.807, 2.05) is 0 Å². The summed E-state index contributed by atoms with van der Waals surface area (Å²) in [6, 6.07) is 0.215. The molecule has 15 heavy (non-hydrogen) atoms. The first kappa shape index (κ1) is 18.0. The van der Waals surface area contributed by atoms with Gasteiger partial charge in [-0.1, -0.05) is 0 Å². The van der Waals surface area contributed by atoms with Crippen molar-refractivity contribution in [2.75, 3.05) is 0 Å². The van der Waals surface area contributed by atoms with E-state index in [9.17, 15) is 13.2 Å². The lowest BCUT2D eigenvalue weighted by molar-refractivity contribution is -0.130. The highest BCUT2D eigenvalue weighted by atomic mass is 28.3. The van der Waals surface area contributed by atoms with E-state index in [0.29, 0.717) is 10.5 Å². The minimum atomic E-state index is -4.00. The van der Waals surface area contributed by atoms with Crippen LogP contribution in [0.3, 0.4) is 0 Å². The predicted molar refractivity (Wildman–Crippen MR) is 69.4 cm³/mol. The first-order valence-corrected chi connectivity index (χ1v) is 11.7. The third kappa shape index (κ3) is 20.6. The molecule has 0 aliphatic rings. The van der Waals surface area contributed by atoms with E-state index in [2.05, 4.69) is 13.1 Å². The smallest absolute Gasteiger partial charge is 0.388 e. The molecule has 0 rings (SSSR count). The van der Waals surface area contributed by atoms with Crippen molar-refractivity contribution in [3.8, 4) is 0 Å². The fourth-order valence-electron chi connectivity index (χ4n) is 0.485. The van der Waals surface area contributed by atoms with Gasteiger partial charge in [0.15, 0.2) is 18.1 Å². The van der Waals surface area contributed by atoms with Crippen molar-refractivity contribution in [1.82, 2.24) is 0 Å². The predicted octanol–water partition coefficient (Wildman–Crippen LogP) is -0.144. The third-order valence-corrected chi connectivity index (χ3v) is 9.80. The maximum absolute atomic E-state index is 11.5. The number of rotatable bonds is 4. The van der Waals surface area contributed by atoms with Crippen LogP contribution in [-0.4, -0.2) is 45.2 Å². The molecule has 9 heteroatoms. The maximum atomic E-state index is 11.5. The summed E-state index contributed by atoms with van der Waals surface area (Å²) in [5.74, 6) is 0. The second-order valence-corrected chi connectivity index (χ2v) is 11.6. The molecule has 0 N–H and O–H groups in total. The molecule has 94 valence electrons. The van der Waals surface area contributed by atoms with Gasteiger partial charge in [-0.15, -0.1) is 0 Å². The Morgan fingerprint density at radius 2 is 1.47 bits per heavy atom. The first-order chi connectivity index (χ1) is 6.72. The van der Waals surface area contributed by atoms with E-state index in [1.165, 1.54) is 0 Å². The molecule has 0 saturated heterocycles. The molecular formula is C6H21F3O2Si4. The zero-order valence-corrected chi connectivity index (χ0v) is 16.3. The van der Waals surface area contributed by atoms with Crippen molar-refractivity contribution >= 4 is 39.1 Å². The van der Waals surface area contributed by atoms with Crippen molar-refractivity contribution < 1.29 is 21.4 Å². The Kier molecular flexibility index (Phi) is 11.7. The Labute approximate surface area is 99.1 Å². The Bertz CT molecular complexity index is 145. The van der Waals surface area contributed by atoms with Crippen LogP contribution in [0.2, 0.25) is 25.7 Å². The average molecular weight is 295 g/mol. The van der Waals surface area contributed by atoms with Crippen molar-refractivity contribution in [3.63, 3.8) is 0 Å². The van der Waals surface area contributed by atoms with Gasteiger partial charge in [-0.2, -0.15) is 13.2 Å². The van der Waals surface area contributed by atoms with Gasteiger partial charge >= 0.3 is 6.18 Å². The average Bonchev–Trinajstić information content (AvgIpc) is 2.14. The molecule has 0 radical (unpaired) electrons. The molecule has 0 fully saturated rings. The summed E-state index contributed by atoms with van der Waals surface area (Å²) in [7, 11) is -0.524. The lowest BCUT2D eigenvalue weighted by Gasteiger charge is -2.09. The Hall–Kier alpha value is 0.578. The van der Waals surface area contributed by atoms with E-state index in [4.69, 9.17) is 8.23 Å². The summed E-state index contributed by atoms with van der Waals surface area (Å²) in [4.78, 5) is 0. The molecule has 0 saturated carbocycles. The summed E-state index contributed by atoms with van der Waals surface area (Å²) >= 11 is 0. The van der Waals surface area contributed by atoms with Crippen molar-refractivity contribution in [1.29, 1.82) is 0 Å². The summed E-state index contributed by atoms with van der Waals surface area (Å²) in [6.07, 6.45) is -4.68. The SMILES string of the molecule is C[SiH](C)O[SiH3].C[SiH](CCC(F)(F)F)O[SiH3]. The van der Waals surface area contributed by atoms with Gasteiger partial charge in [-0.25, -0.2) is 0 Å². The van der Waals surface area contributed by atoms with Crippen LogP contribution in [0.1, 0.15) is 6.42 Å². The van der Waals surface area contributed by atoms with Crippen LogP contribution in [0.4, 0.5) is 13.2 Å². The molecule has 0 amide bonds. The molecule has 2 nitrogen and oxygen atoms in total. The fraction of sp³-hybridized carbons (Fsp3) is 1.00. The highest BCUT2D eigenvalue weighted by molar-refractivity contribution is 6.54. The van der Waals surface area contributed by atoms with Crippen LogP contribution in [0.25, 0.3) is 0 Å². The minimum Gasteiger partial charge on any atom is -0.466 e. The van der Waals surface area contributed by atoms with Gasteiger partial charge in [-0.05, 0) is 25.7 Å². The molecule has 0 heterocycles. The van der Waals surface area contributed by atoms with Crippen molar-refractivity contribution in [2.45, 2.75) is 38.3 Å². The van der Waals surface area contributed by atoms with E-state index < -0.39 is 30.7 Å². The van der Waals surface area contributed by atoms with Crippen molar-refractivity contribution in [3.05, 3.63) is 0 Å². The monoisotopic (exact) mass is 294 g/mol. The van der Waals surface area contributed by atoms with Gasteiger partial charge in [0.25, 0.3) is 0 Å². The minimum absolute atomic E-state index is 0.215. The molecule has 0 bridgehead atoms. The molecule has 1 unspecified atom stereocenters. The van der Waals surface area contributed by atoms with E-state index in [-0.39, 0.29) is 6.04 Å². The molecule has 0 aromatic carbocycles. The lowest BCUT2D eigenvalue weighted by Crippen LogP contribution is -2.16. The number of hydrogen-bond acceptors (Lipinski definition) is 2. The third-order valence-electron chi connectivity index (χ3n) is 1.71. The number of alkyl halides is 3. The van der Waals surface area contributed by atoms with E-state index in [0.717, 1.165) is 10.5 Å². The molecule has 0 aliphatic carbocycles.